The van der Waals surface area contributed by atoms with E-state index in [1.165, 1.54) is 5.56 Å². The highest BCUT2D eigenvalue weighted by Gasteiger charge is 2.10. The summed E-state index contributed by atoms with van der Waals surface area (Å²) in [5.74, 6) is 0.393. The molecule has 0 aliphatic rings. The number of nitrogens with one attached hydrogen (secondary N) is 2. The van der Waals surface area contributed by atoms with Gasteiger partial charge in [0.15, 0.2) is 0 Å². The highest BCUT2D eigenvalue weighted by Crippen LogP contribution is 2.07. The van der Waals surface area contributed by atoms with Gasteiger partial charge >= 0.3 is 0 Å². The molecule has 0 saturated carbocycles. The Hall–Kier alpha value is -1.68. The molecule has 0 unspecified atom stereocenters. The molecule has 134 valence electrons. The van der Waals surface area contributed by atoms with E-state index in [1.54, 1.807) is 6.92 Å². The Morgan fingerprint density at radius 3 is 2.38 bits per heavy atom. The van der Waals surface area contributed by atoms with Crippen LogP contribution < -0.4 is 10.6 Å². The van der Waals surface area contributed by atoms with E-state index in [-0.39, 0.29) is 11.7 Å². The van der Waals surface area contributed by atoms with Gasteiger partial charge < -0.3 is 15.4 Å². The monoisotopic (exact) mass is 332 g/mol. The van der Waals surface area contributed by atoms with Crippen LogP contribution in [0, 0.1) is 0 Å². The molecular formula is C20H32N2O2. The number of carbonyl (C=O) groups is 2. The molecule has 0 radical (unpaired) electrons. The molecule has 0 spiro atoms. The minimum absolute atomic E-state index is 0.132. The largest absolute Gasteiger partial charge is 0.356 e. The summed E-state index contributed by atoms with van der Waals surface area (Å²) in [7, 11) is 1.95. The summed E-state index contributed by atoms with van der Waals surface area (Å²) in [5, 5.41) is 6.29. The van der Waals surface area contributed by atoms with E-state index in [4.69, 9.17) is 0 Å². The van der Waals surface area contributed by atoms with Crippen LogP contribution in [0.3, 0.4) is 0 Å². The minimum Gasteiger partial charge on any atom is -0.356 e. The Bertz CT molecular complexity index is 474. The van der Waals surface area contributed by atoms with Crippen molar-refractivity contribution in [3.8, 4) is 0 Å². The Balaban J connectivity index is 2.08. The van der Waals surface area contributed by atoms with Crippen LogP contribution in [0.25, 0.3) is 0 Å². The summed E-state index contributed by atoms with van der Waals surface area (Å²) in [5.41, 5.74) is 1.29. The summed E-state index contributed by atoms with van der Waals surface area (Å²) < 4.78 is 0. The average Bonchev–Trinajstić information content (AvgIpc) is 2.58. The van der Waals surface area contributed by atoms with Gasteiger partial charge in [0, 0.05) is 25.4 Å². The van der Waals surface area contributed by atoms with Crippen LogP contribution in [-0.2, 0) is 16.0 Å². The van der Waals surface area contributed by atoms with Crippen molar-refractivity contribution < 1.29 is 9.59 Å². The molecular weight excluding hydrogens is 300 g/mol. The highest BCUT2D eigenvalue weighted by molar-refractivity contribution is 5.76. The van der Waals surface area contributed by atoms with Crippen LogP contribution in [0.1, 0.15) is 57.4 Å². The van der Waals surface area contributed by atoms with Crippen LogP contribution in [0.2, 0.25) is 0 Å². The number of hydrogen-bond donors (Lipinski definition) is 2. The third kappa shape index (κ3) is 10.2. The summed E-state index contributed by atoms with van der Waals surface area (Å²) in [6.45, 7) is 2.37. The number of Topliss-reactive ketones (excluding diaryl/α,β-unsaturated/α-hetero) is 1. The predicted molar refractivity (Wildman–Crippen MR) is 99.0 cm³/mol. The fourth-order valence-electron chi connectivity index (χ4n) is 2.72. The lowest BCUT2D eigenvalue weighted by atomic mass is 10.0. The number of rotatable bonds is 13. The van der Waals surface area contributed by atoms with Crippen molar-refractivity contribution in [2.24, 2.45) is 0 Å². The van der Waals surface area contributed by atoms with Gasteiger partial charge in [-0.2, -0.15) is 0 Å². The van der Waals surface area contributed by atoms with Crippen molar-refractivity contribution in [2.75, 3.05) is 13.6 Å². The van der Waals surface area contributed by atoms with Crippen LogP contribution in [-0.4, -0.2) is 31.3 Å². The number of ketones is 1. The second-order valence-electron chi connectivity index (χ2n) is 6.43. The van der Waals surface area contributed by atoms with Crippen molar-refractivity contribution in [1.82, 2.24) is 10.6 Å². The first-order chi connectivity index (χ1) is 11.6. The topological polar surface area (TPSA) is 58.2 Å². The quantitative estimate of drug-likeness (QED) is 0.545. The Labute approximate surface area is 146 Å². The van der Waals surface area contributed by atoms with Crippen LogP contribution in [0.4, 0.5) is 0 Å². The molecule has 0 heterocycles. The first kappa shape index (κ1) is 20.4. The van der Waals surface area contributed by atoms with Crippen molar-refractivity contribution in [3.63, 3.8) is 0 Å². The number of unbranched alkanes of at least 4 members (excludes halogenated alkanes) is 3. The predicted octanol–water partition coefficient (Wildman–Crippen LogP) is 3.25. The van der Waals surface area contributed by atoms with Gasteiger partial charge in [0.2, 0.25) is 5.91 Å². The van der Waals surface area contributed by atoms with Gasteiger partial charge in [-0.15, -0.1) is 0 Å². The van der Waals surface area contributed by atoms with E-state index in [1.807, 2.05) is 25.2 Å². The van der Waals surface area contributed by atoms with E-state index >= 15 is 0 Å². The highest BCUT2D eigenvalue weighted by atomic mass is 16.1. The Morgan fingerprint density at radius 1 is 1.00 bits per heavy atom. The Morgan fingerprint density at radius 2 is 1.71 bits per heavy atom. The molecule has 24 heavy (non-hydrogen) atoms. The molecule has 0 saturated heterocycles. The maximum atomic E-state index is 11.9. The van der Waals surface area contributed by atoms with Gasteiger partial charge in [-0.05, 0) is 45.2 Å². The molecule has 0 bridgehead atoms. The van der Waals surface area contributed by atoms with E-state index in [0.717, 1.165) is 45.1 Å². The molecule has 1 rings (SSSR count). The number of amides is 1. The number of benzene rings is 1. The van der Waals surface area contributed by atoms with E-state index < -0.39 is 0 Å². The minimum atomic E-state index is 0.132. The average molecular weight is 332 g/mol. The molecule has 4 nitrogen and oxygen atoms in total. The molecule has 0 aliphatic carbocycles. The standard InChI is InChI=1S/C20H32N2O2/c1-17(23)10-6-3-4-9-15-22-20(24)14-13-19(21-2)16-18-11-7-5-8-12-18/h5,7-8,11-12,19,21H,3-4,6,9-10,13-16H2,1-2H3,(H,22,24)/t19-/m0/s1. The van der Waals surface area contributed by atoms with E-state index in [0.29, 0.717) is 18.9 Å². The van der Waals surface area contributed by atoms with Crippen LogP contribution in [0.5, 0.6) is 0 Å². The van der Waals surface area contributed by atoms with Gasteiger partial charge in [-0.1, -0.05) is 43.2 Å². The van der Waals surface area contributed by atoms with Crippen LogP contribution in [0.15, 0.2) is 30.3 Å². The van der Waals surface area contributed by atoms with E-state index in [9.17, 15) is 9.59 Å². The number of likely N-dealkylation sites (N-methyl/N-ethyl adjacent to an activating group) is 1. The fourth-order valence-corrected chi connectivity index (χ4v) is 2.72. The zero-order valence-corrected chi connectivity index (χ0v) is 15.1. The molecule has 2 N–H and O–H groups in total. The lowest BCUT2D eigenvalue weighted by Crippen LogP contribution is -2.31. The molecule has 1 aromatic carbocycles. The maximum absolute atomic E-state index is 11.9. The van der Waals surface area contributed by atoms with Crippen molar-refractivity contribution in [2.45, 2.75) is 64.3 Å². The summed E-state index contributed by atoms with van der Waals surface area (Å²) in [4.78, 5) is 22.7. The van der Waals surface area contributed by atoms with Crippen molar-refractivity contribution >= 4 is 11.7 Å². The summed E-state index contributed by atoms with van der Waals surface area (Å²) >= 11 is 0. The lowest BCUT2D eigenvalue weighted by Gasteiger charge is -2.16. The van der Waals surface area contributed by atoms with Crippen molar-refractivity contribution in [1.29, 1.82) is 0 Å². The molecule has 1 aromatic rings. The molecule has 0 aliphatic heterocycles. The zero-order valence-electron chi connectivity index (χ0n) is 15.1. The fraction of sp³-hybridized carbons (Fsp3) is 0.600. The van der Waals surface area contributed by atoms with E-state index in [2.05, 4.69) is 22.8 Å². The number of hydrogen-bond acceptors (Lipinski definition) is 3. The van der Waals surface area contributed by atoms with Gasteiger partial charge in [0.25, 0.3) is 0 Å². The van der Waals surface area contributed by atoms with Gasteiger partial charge in [0.05, 0.1) is 0 Å². The van der Waals surface area contributed by atoms with Gasteiger partial charge in [-0.3, -0.25) is 4.79 Å². The molecule has 4 heteroatoms. The summed E-state index contributed by atoms with van der Waals surface area (Å²) in [6, 6.07) is 10.7. The first-order valence-electron chi connectivity index (χ1n) is 9.09. The lowest BCUT2D eigenvalue weighted by molar-refractivity contribution is -0.121. The molecule has 1 atom stereocenters. The van der Waals surface area contributed by atoms with Gasteiger partial charge in [-0.25, -0.2) is 0 Å². The Kier molecular flexibility index (Phi) is 10.8. The second kappa shape index (κ2) is 12.7. The third-order valence-electron chi connectivity index (χ3n) is 4.23. The maximum Gasteiger partial charge on any atom is 0.220 e. The van der Waals surface area contributed by atoms with Crippen LogP contribution >= 0.6 is 0 Å². The normalized spacial score (nSPS) is 11.9. The van der Waals surface area contributed by atoms with Crippen molar-refractivity contribution in [3.05, 3.63) is 35.9 Å². The number of carbonyl (C=O) groups excluding carboxylic acids is 2. The van der Waals surface area contributed by atoms with Gasteiger partial charge in [0.1, 0.15) is 5.78 Å². The molecule has 1 amide bonds. The smallest absolute Gasteiger partial charge is 0.220 e. The first-order valence-corrected chi connectivity index (χ1v) is 9.09. The zero-order chi connectivity index (χ0) is 17.6. The molecule has 0 aromatic heterocycles. The third-order valence-corrected chi connectivity index (χ3v) is 4.23. The SMILES string of the molecule is CN[C@@H](CCC(=O)NCCCCCCC(C)=O)Cc1ccccc1. The summed E-state index contributed by atoms with van der Waals surface area (Å²) in [6.07, 6.45) is 7.11. The second-order valence-corrected chi connectivity index (χ2v) is 6.43. The molecule has 0 fully saturated rings.